The van der Waals surface area contributed by atoms with Crippen molar-refractivity contribution in [2.75, 3.05) is 6.61 Å². The smallest absolute Gasteiger partial charge is 0.374 e. The van der Waals surface area contributed by atoms with Gasteiger partial charge in [-0.2, -0.15) is 0 Å². The van der Waals surface area contributed by atoms with E-state index >= 15 is 0 Å². The van der Waals surface area contributed by atoms with E-state index < -0.39 is 11.8 Å². The summed E-state index contributed by atoms with van der Waals surface area (Å²) in [6.07, 6.45) is 0.695. The van der Waals surface area contributed by atoms with Gasteiger partial charge in [-0.1, -0.05) is 19.1 Å². The lowest BCUT2D eigenvalue weighted by atomic mass is 10.1. The molecule has 0 atom stereocenters. The molecule has 0 aliphatic rings. The number of Topliss-reactive ketones (excluding diaryl/α,β-unsaturated/α-hetero) is 1. The monoisotopic (exact) mass is 222 g/mol. The first-order valence-electron chi connectivity index (χ1n) is 5.11. The second-order valence-corrected chi connectivity index (χ2v) is 3.40. The van der Waals surface area contributed by atoms with Crippen LogP contribution in [-0.2, 0) is 20.7 Å². The van der Waals surface area contributed by atoms with Gasteiger partial charge in [-0.25, -0.2) is 4.79 Å². The normalized spacial score (nSPS) is 9.81. The van der Waals surface area contributed by atoms with E-state index in [0.717, 1.165) is 0 Å². The molecule has 1 aromatic rings. The Morgan fingerprint density at radius 1 is 1.25 bits per heavy atom. The molecule has 0 radical (unpaired) electrons. The number of ketones is 1. The summed E-state index contributed by atoms with van der Waals surface area (Å²) >= 11 is 0. The number of benzene rings is 1. The second-order valence-electron chi connectivity index (χ2n) is 3.40. The number of hydrogen-bond acceptors (Lipinski definition) is 4. The molecule has 1 N–H and O–H groups in total. The van der Waals surface area contributed by atoms with E-state index in [1.54, 1.807) is 12.1 Å². The molecule has 86 valence electrons. The Morgan fingerprint density at radius 3 is 2.44 bits per heavy atom. The van der Waals surface area contributed by atoms with Crippen LogP contribution < -0.4 is 0 Å². The lowest BCUT2D eigenvalue weighted by Crippen LogP contribution is -2.19. The van der Waals surface area contributed by atoms with E-state index in [0.29, 0.717) is 12.0 Å². The average Bonchev–Trinajstić information content (AvgIpc) is 2.29. The highest BCUT2D eigenvalue weighted by molar-refractivity contribution is 6.34. The number of carbonyl (C=O) groups is 2. The predicted molar refractivity (Wildman–Crippen MR) is 58.1 cm³/mol. The van der Waals surface area contributed by atoms with Crippen LogP contribution in [0.25, 0.3) is 0 Å². The van der Waals surface area contributed by atoms with Crippen LogP contribution in [0, 0.1) is 0 Å². The molecule has 0 saturated heterocycles. The van der Waals surface area contributed by atoms with Gasteiger partial charge in [0.25, 0.3) is 0 Å². The summed E-state index contributed by atoms with van der Waals surface area (Å²) in [4.78, 5) is 22.5. The number of phenolic OH excluding ortho intramolecular Hbond substituents is 1. The summed E-state index contributed by atoms with van der Waals surface area (Å²) in [5, 5.41) is 9.04. The Kier molecular flexibility index (Phi) is 4.51. The van der Waals surface area contributed by atoms with Gasteiger partial charge in [-0.3, -0.25) is 4.79 Å². The first kappa shape index (κ1) is 12.2. The van der Waals surface area contributed by atoms with Crippen LogP contribution in [0.4, 0.5) is 0 Å². The van der Waals surface area contributed by atoms with Crippen molar-refractivity contribution in [3.8, 4) is 5.75 Å². The molecule has 0 amide bonds. The van der Waals surface area contributed by atoms with Crippen molar-refractivity contribution in [2.24, 2.45) is 0 Å². The molecular formula is C12H14O4. The molecule has 1 aromatic carbocycles. The SMILES string of the molecule is CCCOC(=O)C(=O)Cc1ccc(O)cc1. The van der Waals surface area contributed by atoms with E-state index in [1.165, 1.54) is 12.1 Å². The van der Waals surface area contributed by atoms with Gasteiger partial charge in [0.15, 0.2) is 0 Å². The first-order chi connectivity index (χ1) is 7.63. The fraction of sp³-hybridized carbons (Fsp3) is 0.333. The molecule has 1 rings (SSSR count). The Labute approximate surface area is 93.9 Å². The van der Waals surface area contributed by atoms with Gasteiger partial charge in [0.2, 0.25) is 5.78 Å². The van der Waals surface area contributed by atoms with Gasteiger partial charge >= 0.3 is 5.97 Å². The minimum absolute atomic E-state index is 0.00281. The third kappa shape index (κ3) is 3.73. The van der Waals surface area contributed by atoms with Crippen LogP contribution in [-0.4, -0.2) is 23.5 Å². The van der Waals surface area contributed by atoms with Crippen LogP contribution in [0.3, 0.4) is 0 Å². The summed E-state index contributed by atoms with van der Waals surface area (Å²) in [5.41, 5.74) is 0.677. The number of esters is 1. The molecule has 16 heavy (non-hydrogen) atoms. The topological polar surface area (TPSA) is 63.6 Å². The fourth-order valence-corrected chi connectivity index (χ4v) is 1.15. The summed E-state index contributed by atoms with van der Waals surface area (Å²) in [7, 11) is 0. The van der Waals surface area contributed by atoms with Gasteiger partial charge in [0.05, 0.1) is 6.61 Å². The highest BCUT2D eigenvalue weighted by Gasteiger charge is 2.15. The number of aromatic hydroxyl groups is 1. The molecule has 4 heteroatoms. The maximum Gasteiger partial charge on any atom is 0.374 e. The van der Waals surface area contributed by atoms with E-state index in [1.807, 2.05) is 6.92 Å². The Hall–Kier alpha value is -1.84. The van der Waals surface area contributed by atoms with Crippen LogP contribution >= 0.6 is 0 Å². The number of rotatable bonds is 5. The lowest BCUT2D eigenvalue weighted by molar-refractivity contribution is -0.153. The zero-order chi connectivity index (χ0) is 12.0. The molecular weight excluding hydrogens is 208 g/mol. The molecule has 0 heterocycles. The van der Waals surface area contributed by atoms with Crippen molar-refractivity contribution >= 4 is 11.8 Å². The fourth-order valence-electron chi connectivity index (χ4n) is 1.15. The number of ether oxygens (including phenoxy) is 1. The molecule has 0 aliphatic heterocycles. The van der Waals surface area contributed by atoms with Crippen molar-refractivity contribution in [1.82, 2.24) is 0 Å². The maximum atomic E-state index is 11.4. The van der Waals surface area contributed by atoms with Crippen LogP contribution in [0.5, 0.6) is 5.75 Å². The molecule has 0 saturated carbocycles. The average molecular weight is 222 g/mol. The Bertz CT molecular complexity index is 367. The molecule has 0 aliphatic carbocycles. The van der Waals surface area contributed by atoms with Crippen molar-refractivity contribution in [3.05, 3.63) is 29.8 Å². The van der Waals surface area contributed by atoms with E-state index in [2.05, 4.69) is 0 Å². The molecule has 0 aromatic heterocycles. The summed E-state index contributed by atoms with van der Waals surface area (Å²) in [6, 6.07) is 6.14. The minimum Gasteiger partial charge on any atom is -0.508 e. The standard InChI is InChI=1S/C12H14O4/c1-2-7-16-12(15)11(14)8-9-3-5-10(13)6-4-9/h3-6,13H,2,7-8H2,1H3. The minimum atomic E-state index is -0.796. The van der Waals surface area contributed by atoms with Crippen molar-refractivity contribution in [3.63, 3.8) is 0 Å². The quantitative estimate of drug-likeness (QED) is 0.605. The first-order valence-corrected chi connectivity index (χ1v) is 5.11. The third-order valence-corrected chi connectivity index (χ3v) is 1.97. The highest BCUT2D eigenvalue weighted by Crippen LogP contribution is 2.10. The van der Waals surface area contributed by atoms with Gasteiger partial charge < -0.3 is 9.84 Å². The van der Waals surface area contributed by atoms with Crippen molar-refractivity contribution < 1.29 is 19.4 Å². The molecule has 0 bridgehead atoms. The van der Waals surface area contributed by atoms with Crippen LogP contribution in [0.1, 0.15) is 18.9 Å². The largest absolute Gasteiger partial charge is 0.508 e. The number of carbonyl (C=O) groups excluding carboxylic acids is 2. The van der Waals surface area contributed by atoms with E-state index in [4.69, 9.17) is 9.84 Å². The van der Waals surface area contributed by atoms with Crippen molar-refractivity contribution in [2.45, 2.75) is 19.8 Å². The van der Waals surface area contributed by atoms with Crippen molar-refractivity contribution in [1.29, 1.82) is 0 Å². The highest BCUT2D eigenvalue weighted by atomic mass is 16.5. The molecule has 0 spiro atoms. The summed E-state index contributed by atoms with van der Waals surface area (Å²) in [6.45, 7) is 2.12. The van der Waals surface area contributed by atoms with Crippen LogP contribution in [0.2, 0.25) is 0 Å². The van der Waals surface area contributed by atoms with E-state index in [9.17, 15) is 9.59 Å². The zero-order valence-corrected chi connectivity index (χ0v) is 9.10. The Balaban J connectivity index is 2.51. The van der Waals surface area contributed by atoms with Gasteiger partial charge in [-0.05, 0) is 24.1 Å². The molecule has 0 unspecified atom stereocenters. The molecule has 4 nitrogen and oxygen atoms in total. The maximum absolute atomic E-state index is 11.4. The number of phenols is 1. The molecule has 0 fully saturated rings. The van der Waals surface area contributed by atoms with Gasteiger partial charge in [0.1, 0.15) is 5.75 Å². The van der Waals surface area contributed by atoms with E-state index in [-0.39, 0.29) is 18.8 Å². The Morgan fingerprint density at radius 2 is 1.88 bits per heavy atom. The van der Waals surface area contributed by atoms with Gasteiger partial charge in [-0.15, -0.1) is 0 Å². The third-order valence-electron chi connectivity index (χ3n) is 1.97. The second kappa shape index (κ2) is 5.90. The lowest BCUT2D eigenvalue weighted by Gasteiger charge is -2.02. The summed E-state index contributed by atoms with van der Waals surface area (Å²) < 4.78 is 4.71. The number of hydrogen-bond donors (Lipinski definition) is 1. The predicted octanol–water partition coefficient (Wildman–Crippen LogP) is 1.46. The summed E-state index contributed by atoms with van der Waals surface area (Å²) in [5.74, 6) is -1.24. The zero-order valence-electron chi connectivity index (χ0n) is 9.10. The van der Waals surface area contributed by atoms with Gasteiger partial charge in [0, 0.05) is 6.42 Å². The van der Waals surface area contributed by atoms with Crippen LogP contribution in [0.15, 0.2) is 24.3 Å².